The molecular weight excluding hydrogens is 208 g/mol. The van der Waals surface area contributed by atoms with Crippen LogP contribution in [0.2, 0.25) is 0 Å². The lowest BCUT2D eigenvalue weighted by Gasteiger charge is -2.45. The molecule has 0 aliphatic carbocycles. The molecule has 17 heavy (non-hydrogen) atoms. The van der Waals surface area contributed by atoms with Crippen molar-refractivity contribution in [1.82, 2.24) is 4.90 Å². The van der Waals surface area contributed by atoms with Crippen molar-refractivity contribution in [3.05, 3.63) is 29.3 Å². The SMILES string of the molecule is Cc1cc(C(C)C)ccc1N1CC(N(C)C)C1. The number of aryl methyl sites for hydroxylation is 1. The molecule has 0 amide bonds. The van der Waals surface area contributed by atoms with Gasteiger partial charge in [-0.1, -0.05) is 26.0 Å². The Morgan fingerprint density at radius 2 is 1.88 bits per heavy atom. The fraction of sp³-hybridized carbons (Fsp3) is 0.600. The zero-order valence-corrected chi connectivity index (χ0v) is 11.7. The van der Waals surface area contributed by atoms with Crippen molar-refractivity contribution < 1.29 is 0 Å². The molecule has 0 saturated carbocycles. The van der Waals surface area contributed by atoms with Crippen molar-refractivity contribution in [3.63, 3.8) is 0 Å². The van der Waals surface area contributed by atoms with Gasteiger partial charge in [0.25, 0.3) is 0 Å². The molecular formula is C15H24N2. The van der Waals surface area contributed by atoms with Crippen LogP contribution in [0.5, 0.6) is 0 Å². The third-order valence-corrected chi connectivity index (χ3v) is 3.82. The highest BCUT2D eigenvalue weighted by atomic mass is 15.3. The molecule has 0 atom stereocenters. The Morgan fingerprint density at radius 1 is 1.24 bits per heavy atom. The summed E-state index contributed by atoms with van der Waals surface area (Å²) in [5, 5.41) is 0. The molecule has 0 spiro atoms. The first-order chi connectivity index (χ1) is 7.99. The molecule has 1 heterocycles. The summed E-state index contributed by atoms with van der Waals surface area (Å²) in [6.07, 6.45) is 0. The highest BCUT2D eigenvalue weighted by molar-refractivity contribution is 5.57. The monoisotopic (exact) mass is 232 g/mol. The number of benzene rings is 1. The highest BCUT2D eigenvalue weighted by Crippen LogP contribution is 2.28. The number of rotatable bonds is 3. The fourth-order valence-corrected chi connectivity index (χ4v) is 2.37. The largest absolute Gasteiger partial charge is 0.368 e. The van der Waals surface area contributed by atoms with Gasteiger partial charge < -0.3 is 9.80 Å². The van der Waals surface area contributed by atoms with E-state index in [4.69, 9.17) is 0 Å². The molecule has 0 unspecified atom stereocenters. The van der Waals surface area contributed by atoms with Gasteiger partial charge in [-0.05, 0) is 44.1 Å². The van der Waals surface area contributed by atoms with Crippen molar-refractivity contribution in [3.8, 4) is 0 Å². The van der Waals surface area contributed by atoms with Gasteiger partial charge in [0.2, 0.25) is 0 Å². The molecule has 1 aromatic rings. The summed E-state index contributed by atoms with van der Waals surface area (Å²) in [5.74, 6) is 0.619. The van der Waals surface area contributed by atoms with Crippen LogP contribution >= 0.6 is 0 Å². The second-order valence-corrected chi connectivity index (χ2v) is 5.72. The van der Waals surface area contributed by atoms with Crippen LogP contribution in [0, 0.1) is 6.92 Å². The lowest BCUT2D eigenvalue weighted by atomic mass is 9.98. The Bertz CT molecular complexity index is 390. The third-order valence-electron chi connectivity index (χ3n) is 3.82. The second kappa shape index (κ2) is 4.69. The van der Waals surface area contributed by atoms with Crippen molar-refractivity contribution in [2.45, 2.75) is 32.7 Å². The first-order valence-electron chi connectivity index (χ1n) is 6.51. The van der Waals surface area contributed by atoms with E-state index in [1.807, 2.05) is 0 Å². The standard InChI is InChI=1S/C15H24N2/c1-11(2)13-6-7-15(12(3)8-13)17-9-14(10-17)16(4)5/h6-8,11,14H,9-10H2,1-5H3. The molecule has 1 aromatic carbocycles. The maximum Gasteiger partial charge on any atom is 0.0440 e. The predicted octanol–water partition coefficient (Wildman–Crippen LogP) is 2.87. The molecule has 1 saturated heterocycles. The van der Waals surface area contributed by atoms with Gasteiger partial charge in [-0.25, -0.2) is 0 Å². The minimum absolute atomic E-state index is 0.619. The third kappa shape index (κ3) is 2.47. The highest BCUT2D eigenvalue weighted by Gasteiger charge is 2.29. The van der Waals surface area contributed by atoms with E-state index < -0.39 is 0 Å². The minimum Gasteiger partial charge on any atom is -0.368 e. The zero-order valence-electron chi connectivity index (χ0n) is 11.7. The predicted molar refractivity (Wildman–Crippen MR) is 75.0 cm³/mol. The van der Waals surface area contributed by atoms with Crippen LogP contribution in [0.25, 0.3) is 0 Å². The molecule has 0 N–H and O–H groups in total. The van der Waals surface area contributed by atoms with Crippen molar-refractivity contribution in [2.24, 2.45) is 0 Å². The van der Waals surface area contributed by atoms with Gasteiger partial charge >= 0.3 is 0 Å². The molecule has 2 rings (SSSR count). The number of hydrogen-bond acceptors (Lipinski definition) is 2. The van der Waals surface area contributed by atoms with Crippen LogP contribution in [0.3, 0.4) is 0 Å². The Labute approximate surface area is 105 Å². The average Bonchev–Trinajstić information content (AvgIpc) is 2.17. The summed E-state index contributed by atoms with van der Waals surface area (Å²) >= 11 is 0. The molecule has 1 aliphatic heterocycles. The number of likely N-dealkylation sites (N-methyl/N-ethyl adjacent to an activating group) is 1. The van der Waals surface area contributed by atoms with Gasteiger partial charge in [0.15, 0.2) is 0 Å². The number of anilines is 1. The normalized spacial score (nSPS) is 16.8. The molecule has 2 heteroatoms. The topological polar surface area (TPSA) is 6.48 Å². The lowest BCUT2D eigenvalue weighted by molar-refractivity contribution is 0.247. The summed E-state index contributed by atoms with van der Waals surface area (Å²) in [6.45, 7) is 9.05. The summed E-state index contributed by atoms with van der Waals surface area (Å²) in [6, 6.07) is 7.62. The average molecular weight is 232 g/mol. The van der Waals surface area contributed by atoms with Gasteiger partial charge in [0.05, 0.1) is 0 Å². The van der Waals surface area contributed by atoms with Crippen molar-refractivity contribution in [2.75, 3.05) is 32.1 Å². The zero-order chi connectivity index (χ0) is 12.6. The van der Waals surface area contributed by atoms with Crippen LogP contribution in [0.15, 0.2) is 18.2 Å². The van der Waals surface area contributed by atoms with Crippen LogP contribution in [-0.4, -0.2) is 38.1 Å². The number of hydrogen-bond donors (Lipinski definition) is 0. The Kier molecular flexibility index (Phi) is 3.43. The van der Waals surface area contributed by atoms with E-state index in [2.05, 4.69) is 62.9 Å². The van der Waals surface area contributed by atoms with Gasteiger partial charge in [-0.3, -0.25) is 0 Å². The Balaban J connectivity index is 2.09. The summed E-state index contributed by atoms with van der Waals surface area (Å²) in [4.78, 5) is 4.79. The van der Waals surface area contributed by atoms with Crippen LogP contribution in [0.4, 0.5) is 5.69 Å². The maximum absolute atomic E-state index is 2.48. The first-order valence-corrected chi connectivity index (χ1v) is 6.51. The van der Waals surface area contributed by atoms with E-state index in [-0.39, 0.29) is 0 Å². The molecule has 94 valence electrons. The second-order valence-electron chi connectivity index (χ2n) is 5.72. The van der Waals surface area contributed by atoms with Gasteiger partial charge in [0, 0.05) is 24.8 Å². The van der Waals surface area contributed by atoms with Crippen LogP contribution in [-0.2, 0) is 0 Å². The van der Waals surface area contributed by atoms with E-state index in [1.165, 1.54) is 16.8 Å². The van der Waals surface area contributed by atoms with Gasteiger partial charge in [-0.15, -0.1) is 0 Å². The summed E-state index contributed by atoms with van der Waals surface area (Å²) in [7, 11) is 4.33. The molecule has 1 aliphatic rings. The minimum atomic E-state index is 0.619. The molecule has 0 bridgehead atoms. The smallest absolute Gasteiger partial charge is 0.0440 e. The fourth-order valence-electron chi connectivity index (χ4n) is 2.37. The summed E-state index contributed by atoms with van der Waals surface area (Å²) in [5.41, 5.74) is 4.26. The Hall–Kier alpha value is -1.02. The van der Waals surface area contributed by atoms with E-state index in [9.17, 15) is 0 Å². The summed E-state index contributed by atoms with van der Waals surface area (Å²) < 4.78 is 0. The first kappa shape index (κ1) is 12.4. The maximum atomic E-state index is 2.48. The molecule has 2 nitrogen and oxygen atoms in total. The number of nitrogens with zero attached hydrogens (tertiary/aromatic N) is 2. The molecule has 0 radical (unpaired) electrons. The quantitative estimate of drug-likeness (QED) is 0.790. The van der Waals surface area contributed by atoms with Crippen molar-refractivity contribution >= 4 is 5.69 Å². The molecule has 1 fully saturated rings. The van der Waals surface area contributed by atoms with E-state index in [0.29, 0.717) is 5.92 Å². The van der Waals surface area contributed by atoms with Gasteiger partial charge in [0.1, 0.15) is 0 Å². The Morgan fingerprint density at radius 3 is 2.35 bits per heavy atom. The van der Waals surface area contributed by atoms with E-state index in [0.717, 1.165) is 19.1 Å². The van der Waals surface area contributed by atoms with Crippen LogP contribution < -0.4 is 4.90 Å². The van der Waals surface area contributed by atoms with Gasteiger partial charge in [-0.2, -0.15) is 0 Å². The molecule has 0 aromatic heterocycles. The van der Waals surface area contributed by atoms with E-state index in [1.54, 1.807) is 0 Å². The van der Waals surface area contributed by atoms with E-state index >= 15 is 0 Å². The van der Waals surface area contributed by atoms with Crippen molar-refractivity contribution in [1.29, 1.82) is 0 Å². The lowest BCUT2D eigenvalue weighted by Crippen LogP contribution is -2.57. The van der Waals surface area contributed by atoms with Crippen LogP contribution in [0.1, 0.15) is 30.9 Å².